The molecule has 0 bridgehead atoms. The molecular weight excluding hydrogens is 311 g/mol. The van der Waals surface area contributed by atoms with Crippen LogP contribution in [0.15, 0.2) is 12.1 Å². The van der Waals surface area contributed by atoms with Crippen molar-refractivity contribution in [1.29, 1.82) is 0 Å². The van der Waals surface area contributed by atoms with Crippen LogP contribution in [0.5, 0.6) is 11.5 Å². The van der Waals surface area contributed by atoms with Crippen molar-refractivity contribution in [3.8, 4) is 11.5 Å². The summed E-state index contributed by atoms with van der Waals surface area (Å²) in [5.41, 5.74) is 1.44. The van der Waals surface area contributed by atoms with E-state index in [1.807, 2.05) is 19.9 Å². The molecule has 132 valence electrons. The number of hydrogen-bond donors (Lipinski definition) is 1. The van der Waals surface area contributed by atoms with Crippen LogP contribution < -0.4 is 4.52 Å². The van der Waals surface area contributed by atoms with Gasteiger partial charge >= 0.3 is 8.60 Å². The van der Waals surface area contributed by atoms with E-state index in [1.54, 1.807) is 6.07 Å². The van der Waals surface area contributed by atoms with Crippen molar-refractivity contribution in [3.05, 3.63) is 23.3 Å². The highest BCUT2D eigenvalue weighted by Crippen LogP contribution is 2.47. The minimum absolute atomic E-state index is 0.164. The average molecular weight is 342 g/mol. The summed E-state index contributed by atoms with van der Waals surface area (Å²) in [4.78, 5) is 0. The Bertz CT molecular complexity index is 509. The molecule has 0 heterocycles. The fraction of sp³-hybridized carbons (Fsp3) is 0.667. The monoisotopic (exact) mass is 342 g/mol. The Hall–Kier alpha value is -0.830. The van der Waals surface area contributed by atoms with Crippen LogP contribution in [0.1, 0.15) is 66.5 Å². The second kappa shape index (κ2) is 7.83. The molecule has 0 aliphatic rings. The molecule has 0 aliphatic carbocycles. The molecule has 1 aromatic rings. The van der Waals surface area contributed by atoms with Crippen LogP contribution in [0.3, 0.4) is 0 Å². The second-order valence-electron chi connectivity index (χ2n) is 7.52. The normalized spacial score (nSPS) is 12.7. The Morgan fingerprint density at radius 3 is 1.74 bits per heavy atom. The van der Waals surface area contributed by atoms with Gasteiger partial charge in [0.25, 0.3) is 0 Å². The minimum atomic E-state index is -1.44. The third-order valence-electron chi connectivity index (χ3n) is 3.36. The molecule has 0 atom stereocenters. The van der Waals surface area contributed by atoms with E-state index < -0.39 is 8.60 Å². The number of hydrogen-bond acceptors (Lipinski definition) is 4. The zero-order valence-corrected chi connectivity index (χ0v) is 16.6. The number of phenolic OH excluding ortho intramolecular Hbond substituents is 1. The Labute approximate surface area is 142 Å². The molecule has 0 saturated heterocycles. The highest BCUT2D eigenvalue weighted by molar-refractivity contribution is 7.42. The van der Waals surface area contributed by atoms with Crippen molar-refractivity contribution in [2.75, 3.05) is 13.2 Å². The van der Waals surface area contributed by atoms with Gasteiger partial charge in [0.15, 0.2) is 0 Å². The summed E-state index contributed by atoms with van der Waals surface area (Å²) < 4.78 is 17.2. The number of rotatable bonds is 6. The summed E-state index contributed by atoms with van der Waals surface area (Å²) >= 11 is 0. The smallest absolute Gasteiger partial charge is 0.397 e. The Morgan fingerprint density at radius 2 is 1.35 bits per heavy atom. The van der Waals surface area contributed by atoms with E-state index in [0.29, 0.717) is 24.7 Å². The molecule has 0 aliphatic heterocycles. The van der Waals surface area contributed by atoms with Gasteiger partial charge in [-0.1, -0.05) is 41.5 Å². The summed E-state index contributed by atoms with van der Waals surface area (Å²) in [6, 6.07) is 3.73. The summed E-state index contributed by atoms with van der Waals surface area (Å²) in [7, 11) is -1.44. The molecule has 0 spiro atoms. The second-order valence-corrected chi connectivity index (χ2v) is 8.66. The molecule has 0 amide bonds. The standard InChI is InChI=1S/C18H31O4P/c1-9-20-23(21-10-2)22-16-12-13(17(3,4)5)15(19)11-14(16)18(6,7)8/h11-12,19H,9-10H2,1-8H3. The van der Waals surface area contributed by atoms with Crippen LogP contribution in [0.25, 0.3) is 0 Å². The number of aromatic hydroxyl groups is 1. The maximum Gasteiger partial charge on any atom is 0.397 e. The van der Waals surface area contributed by atoms with Gasteiger partial charge in [-0.3, -0.25) is 0 Å². The van der Waals surface area contributed by atoms with E-state index in [9.17, 15) is 5.11 Å². The first kappa shape index (κ1) is 20.2. The van der Waals surface area contributed by atoms with Gasteiger partial charge in [-0.15, -0.1) is 0 Å². The molecule has 0 aromatic heterocycles. The Kier molecular flexibility index (Phi) is 6.88. The van der Waals surface area contributed by atoms with Crippen LogP contribution in [-0.2, 0) is 19.9 Å². The van der Waals surface area contributed by atoms with Crippen molar-refractivity contribution < 1.29 is 18.7 Å². The summed E-state index contributed by atoms with van der Waals surface area (Å²) in [6.07, 6.45) is 0. The molecule has 1 rings (SSSR count). The lowest BCUT2D eigenvalue weighted by Gasteiger charge is -2.28. The van der Waals surface area contributed by atoms with E-state index in [4.69, 9.17) is 13.6 Å². The predicted molar refractivity (Wildman–Crippen MR) is 96.3 cm³/mol. The van der Waals surface area contributed by atoms with E-state index in [1.165, 1.54) is 0 Å². The van der Waals surface area contributed by atoms with Crippen LogP contribution >= 0.6 is 8.60 Å². The van der Waals surface area contributed by atoms with Gasteiger partial charge in [0.2, 0.25) is 0 Å². The quantitative estimate of drug-likeness (QED) is 0.677. The van der Waals surface area contributed by atoms with Gasteiger partial charge in [-0.25, -0.2) is 0 Å². The average Bonchev–Trinajstić information content (AvgIpc) is 2.38. The first-order chi connectivity index (χ1) is 10.5. The van der Waals surface area contributed by atoms with Gasteiger partial charge in [-0.05, 0) is 36.8 Å². The fourth-order valence-corrected chi connectivity index (χ4v) is 3.13. The first-order valence-corrected chi connectivity index (χ1v) is 9.22. The lowest BCUT2D eigenvalue weighted by Crippen LogP contribution is -2.16. The zero-order valence-electron chi connectivity index (χ0n) is 15.7. The predicted octanol–water partition coefficient (Wildman–Crippen LogP) is 5.67. The van der Waals surface area contributed by atoms with E-state index >= 15 is 0 Å². The number of benzene rings is 1. The molecule has 4 nitrogen and oxygen atoms in total. The van der Waals surface area contributed by atoms with Crippen molar-refractivity contribution in [1.82, 2.24) is 0 Å². The van der Waals surface area contributed by atoms with Gasteiger partial charge in [-0.2, -0.15) is 0 Å². The summed E-state index contributed by atoms with van der Waals surface area (Å²) in [6.45, 7) is 17.4. The van der Waals surface area contributed by atoms with Crippen LogP contribution in [0.2, 0.25) is 0 Å². The van der Waals surface area contributed by atoms with Crippen molar-refractivity contribution in [2.24, 2.45) is 0 Å². The maximum absolute atomic E-state index is 10.4. The van der Waals surface area contributed by atoms with Crippen molar-refractivity contribution >= 4 is 8.60 Å². The Morgan fingerprint density at radius 1 is 0.870 bits per heavy atom. The van der Waals surface area contributed by atoms with Gasteiger partial charge in [0, 0.05) is 11.1 Å². The Balaban J connectivity index is 3.35. The first-order valence-electron chi connectivity index (χ1n) is 8.12. The van der Waals surface area contributed by atoms with Gasteiger partial charge in [0.1, 0.15) is 11.5 Å². The zero-order chi connectivity index (χ0) is 17.8. The molecule has 1 N–H and O–H groups in total. The SMILES string of the molecule is CCOP(OCC)Oc1cc(C(C)(C)C)c(O)cc1C(C)(C)C. The number of phenols is 1. The van der Waals surface area contributed by atoms with E-state index in [2.05, 4.69) is 41.5 Å². The van der Waals surface area contributed by atoms with E-state index in [0.717, 1.165) is 11.1 Å². The lowest BCUT2D eigenvalue weighted by atomic mass is 9.81. The fourth-order valence-electron chi connectivity index (χ4n) is 2.21. The van der Waals surface area contributed by atoms with Crippen molar-refractivity contribution in [2.45, 2.75) is 66.2 Å². The molecule has 5 heteroatoms. The van der Waals surface area contributed by atoms with Crippen molar-refractivity contribution in [3.63, 3.8) is 0 Å². The molecule has 0 radical (unpaired) electrons. The van der Waals surface area contributed by atoms with Gasteiger partial charge in [0.05, 0.1) is 13.2 Å². The maximum atomic E-state index is 10.4. The van der Waals surface area contributed by atoms with Crippen LogP contribution in [-0.4, -0.2) is 18.3 Å². The highest BCUT2D eigenvalue weighted by atomic mass is 31.2. The minimum Gasteiger partial charge on any atom is -0.508 e. The largest absolute Gasteiger partial charge is 0.508 e. The topological polar surface area (TPSA) is 47.9 Å². The third kappa shape index (κ3) is 5.63. The van der Waals surface area contributed by atoms with E-state index in [-0.39, 0.29) is 10.8 Å². The molecular formula is C18H31O4P. The summed E-state index contributed by atoms with van der Waals surface area (Å²) in [5.74, 6) is 1.01. The molecule has 0 fully saturated rings. The lowest BCUT2D eigenvalue weighted by molar-refractivity contribution is 0.220. The highest BCUT2D eigenvalue weighted by Gasteiger charge is 2.28. The van der Waals surface area contributed by atoms with Crippen LogP contribution in [0, 0.1) is 0 Å². The molecule has 0 unspecified atom stereocenters. The molecule has 0 saturated carbocycles. The molecule has 1 aromatic carbocycles. The van der Waals surface area contributed by atoms with Gasteiger partial charge < -0.3 is 18.7 Å². The van der Waals surface area contributed by atoms with Crippen LogP contribution in [0.4, 0.5) is 0 Å². The summed E-state index contributed by atoms with van der Waals surface area (Å²) in [5, 5.41) is 10.4. The molecule has 23 heavy (non-hydrogen) atoms. The third-order valence-corrected chi connectivity index (χ3v) is 4.64.